The molecular weight excluding hydrogens is 260 g/mol. The van der Waals surface area contributed by atoms with Gasteiger partial charge in [-0.2, -0.15) is 0 Å². The van der Waals surface area contributed by atoms with E-state index >= 15 is 0 Å². The molecule has 1 aromatic carbocycles. The minimum atomic E-state index is -0.639. The SMILES string of the molecule is CN(C)C(=NCc1cc(F)c(Cl)cc1F)N(C)C. The predicted octanol–water partition coefficient (Wildman–Crippen LogP) is 2.60. The van der Waals surface area contributed by atoms with E-state index < -0.39 is 11.6 Å². The predicted molar refractivity (Wildman–Crippen MR) is 69.9 cm³/mol. The summed E-state index contributed by atoms with van der Waals surface area (Å²) >= 11 is 5.48. The molecule has 0 aliphatic heterocycles. The molecule has 0 atom stereocenters. The summed E-state index contributed by atoms with van der Waals surface area (Å²) in [5.41, 5.74) is 0.179. The molecule has 0 aliphatic rings. The molecule has 0 saturated heterocycles. The fourth-order valence-corrected chi connectivity index (χ4v) is 1.67. The van der Waals surface area contributed by atoms with Gasteiger partial charge in [0.05, 0.1) is 11.6 Å². The Balaban J connectivity index is 2.98. The van der Waals surface area contributed by atoms with E-state index in [1.165, 1.54) is 0 Å². The normalized spacial score (nSPS) is 10.2. The van der Waals surface area contributed by atoms with Crippen molar-refractivity contribution in [3.8, 4) is 0 Å². The fourth-order valence-electron chi connectivity index (χ4n) is 1.52. The average molecular weight is 276 g/mol. The van der Waals surface area contributed by atoms with Gasteiger partial charge in [-0.3, -0.25) is 0 Å². The Kier molecular flexibility index (Phi) is 4.90. The lowest BCUT2D eigenvalue weighted by Crippen LogP contribution is -2.35. The van der Waals surface area contributed by atoms with E-state index in [0.717, 1.165) is 12.1 Å². The number of nitrogens with zero attached hydrogens (tertiary/aromatic N) is 3. The van der Waals surface area contributed by atoms with Crippen LogP contribution in [0.25, 0.3) is 0 Å². The Hall–Kier alpha value is -1.36. The van der Waals surface area contributed by atoms with Crippen LogP contribution in [0.15, 0.2) is 17.1 Å². The Morgan fingerprint density at radius 2 is 1.67 bits per heavy atom. The van der Waals surface area contributed by atoms with E-state index in [1.807, 2.05) is 28.2 Å². The monoisotopic (exact) mass is 275 g/mol. The van der Waals surface area contributed by atoms with Gasteiger partial charge in [0.2, 0.25) is 0 Å². The molecule has 1 aromatic rings. The van der Waals surface area contributed by atoms with E-state index in [2.05, 4.69) is 4.99 Å². The van der Waals surface area contributed by atoms with E-state index in [-0.39, 0.29) is 17.1 Å². The molecule has 0 spiro atoms. The highest BCUT2D eigenvalue weighted by atomic mass is 35.5. The Bertz CT molecular complexity index is 449. The summed E-state index contributed by atoms with van der Waals surface area (Å²) < 4.78 is 26.8. The second kappa shape index (κ2) is 6.00. The third kappa shape index (κ3) is 3.57. The number of rotatable bonds is 2. The second-order valence-corrected chi connectivity index (χ2v) is 4.67. The van der Waals surface area contributed by atoms with E-state index in [1.54, 1.807) is 9.80 Å². The van der Waals surface area contributed by atoms with Crippen molar-refractivity contribution < 1.29 is 8.78 Å². The molecule has 3 nitrogen and oxygen atoms in total. The first kappa shape index (κ1) is 14.7. The first-order chi connectivity index (χ1) is 8.32. The number of halogens is 3. The van der Waals surface area contributed by atoms with Crippen molar-refractivity contribution in [3.05, 3.63) is 34.4 Å². The molecule has 0 unspecified atom stereocenters. The third-order valence-corrected chi connectivity index (χ3v) is 2.57. The van der Waals surface area contributed by atoms with Crippen LogP contribution in [0.5, 0.6) is 0 Å². The molecule has 0 bridgehead atoms. The molecule has 0 fully saturated rings. The van der Waals surface area contributed by atoms with Gasteiger partial charge in [0.1, 0.15) is 11.6 Å². The van der Waals surface area contributed by atoms with Gasteiger partial charge in [0.15, 0.2) is 5.96 Å². The first-order valence-corrected chi connectivity index (χ1v) is 5.73. The van der Waals surface area contributed by atoms with E-state index in [4.69, 9.17) is 11.6 Å². The molecule has 0 amide bonds. The molecule has 18 heavy (non-hydrogen) atoms. The Morgan fingerprint density at radius 1 is 1.11 bits per heavy atom. The Labute approximate surface area is 111 Å². The van der Waals surface area contributed by atoms with Crippen molar-refractivity contribution in [2.24, 2.45) is 4.99 Å². The molecule has 0 N–H and O–H groups in total. The van der Waals surface area contributed by atoms with Crippen molar-refractivity contribution in [2.45, 2.75) is 6.54 Å². The van der Waals surface area contributed by atoms with Gasteiger partial charge in [-0.15, -0.1) is 0 Å². The smallest absolute Gasteiger partial charge is 0.195 e. The van der Waals surface area contributed by atoms with Crippen LogP contribution >= 0.6 is 11.6 Å². The van der Waals surface area contributed by atoms with Crippen LogP contribution in [-0.2, 0) is 6.54 Å². The van der Waals surface area contributed by atoms with Gasteiger partial charge >= 0.3 is 0 Å². The Morgan fingerprint density at radius 3 is 2.17 bits per heavy atom. The number of aliphatic imine (C=N–C) groups is 1. The molecule has 0 aromatic heterocycles. The van der Waals surface area contributed by atoms with Gasteiger partial charge in [-0.1, -0.05) is 11.6 Å². The number of guanidine groups is 1. The number of hydrogen-bond donors (Lipinski definition) is 0. The minimum Gasteiger partial charge on any atom is -0.349 e. The van der Waals surface area contributed by atoms with Crippen LogP contribution in [0.1, 0.15) is 5.56 Å². The van der Waals surface area contributed by atoms with Crippen LogP contribution < -0.4 is 0 Å². The molecule has 0 radical (unpaired) electrons. The number of hydrogen-bond acceptors (Lipinski definition) is 1. The lowest BCUT2D eigenvalue weighted by Gasteiger charge is -2.22. The van der Waals surface area contributed by atoms with Crippen molar-refractivity contribution in [1.82, 2.24) is 9.80 Å². The average Bonchev–Trinajstić information content (AvgIpc) is 2.24. The van der Waals surface area contributed by atoms with Crippen molar-refractivity contribution in [2.75, 3.05) is 28.2 Å². The quantitative estimate of drug-likeness (QED) is 0.469. The summed E-state index contributed by atoms with van der Waals surface area (Å²) in [5.74, 6) is -0.522. The van der Waals surface area contributed by atoms with E-state index in [0.29, 0.717) is 5.96 Å². The van der Waals surface area contributed by atoms with Gasteiger partial charge < -0.3 is 9.80 Å². The van der Waals surface area contributed by atoms with Gasteiger partial charge in [-0.25, -0.2) is 13.8 Å². The van der Waals surface area contributed by atoms with Crippen LogP contribution in [-0.4, -0.2) is 44.0 Å². The standard InChI is InChI=1S/C12H16ClF2N3/c1-17(2)12(18(3)4)16-7-8-5-11(15)9(13)6-10(8)14/h5-6H,7H2,1-4H3. The molecule has 1 rings (SSSR count). The maximum atomic E-state index is 13.5. The molecule has 6 heteroatoms. The second-order valence-electron chi connectivity index (χ2n) is 4.26. The van der Waals surface area contributed by atoms with Gasteiger partial charge in [-0.05, 0) is 12.1 Å². The van der Waals surface area contributed by atoms with Gasteiger partial charge in [0.25, 0.3) is 0 Å². The lowest BCUT2D eigenvalue weighted by atomic mass is 10.2. The summed E-state index contributed by atoms with van der Waals surface area (Å²) in [6, 6.07) is 2.04. The summed E-state index contributed by atoms with van der Waals surface area (Å²) in [6.45, 7) is 0.0611. The molecule has 0 aliphatic carbocycles. The summed E-state index contributed by atoms with van der Waals surface area (Å²) in [6.07, 6.45) is 0. The summed E-state index contributed by atoms with van der Waals surface area (Å²) in [4.78, 5) is 7.83. The van der Waals surface area contributed by atoms with Crippen LogP contribution in [0, 0.1) is 11.6 Å². The van der Waals surface area contributed by atoms with Crippen molar-refractivity contribution >= 4 is 17.6 Å². The summed E-state index contributed by atoms with van der Waals surface area (Å²) in [7, 11) is 7.32. The van der Waals surface area contributed by atoms with Gasteiger partial charge in [0, 0.05) is 33.8 Å². The van der Waals surface area contributed by atoms with Crippen LogP contribution in [0.3, 0.4) is 0 Å². The highest BCUT2D eigenvalue weighted by Crippen LogP contribution is 2.19. The molecule has 100 valence electrons. The summed E-state index contributed by atoms with van der Waals surface area (Å²) in [5, 5.41) is -0.222. The van der Waals surface area contributed by atoms with E-state index in [9.17, 15) is 8.78 Å². The maximum absolute atomic E-state index is 13.5. The zero-order valence-electron chi connectivity index (χ0n) is 10.8. The first-order valence-electron chi connectivity index (χ1n) is 5.35. The van der Waals surface area contributed by atoms with Crippen molar-refractivity contribution in [3.63, 3.8) is 0 Å². The third-order valence-electron chi connectivity index (χ3n) is 2.28. The number of benzene rings is 1. The van der Waals surface area contributed by atoms with Crippen molar-refractivity contribution in [1.29, 1.82) is 0 Å². The topological polar surface area (TPSA) is 18.8 Å². The minimum absolute atomic E-state index is 0.0611. The highest BCUT2D eigenvalue weighted by Gasteiger charge is 2.09. The highest BCUT2D eigenvalue weighted by molar-refractivity contribution is 6.30. The molecule has 0 heterocycles. The zero-order valence-corrected chi connectivity index (χ0v) is 11.6. The van der Waals surface area contributed by atoms with Crippen LogP contribution in [0.2, 0.25) is 5.02 Å². The molecular formula is C12H16ClF2N3. The molecule has 0 saturated carbocycles. The maximum Gasteiger partial charge on any atom is 0.195 e. The zero-order chi connectivity index (χ0) is 13.9. The van der Waals surface area contributed by atoms with Crippen LogP contribution in [0.4, 0.5) is 8.78 Å². The largest absolute Gasteiger partial charge is 0.349 e. The lowest BCUT2D eigenvalue weighted by molar-refractivity contribution is 0.478. The fraction of sp³-hybridized carbons (Fsp3) is 0.417.